The molecule has 1 aliphatic heterocycles. The summed E-state index contributed by atoms with van der Waals surface area (Å²) in [6.45, 7) is 1.36. The van der Waals surface area contributed by atoms with Crippen molar-refractivity contribution in [1.82, 2.24) is 29.3 Å². The summed E-state index contributed by atoms with van der Waals surface area (Å²) in [4.78, 5) is 31.1. The number of rotatable bonds is 8. The first kappa shape index (κ1) is 28.1. The number of imidazole rings is 1. The van der Waals surface area contributed by atoms with Crippen LogP contribution in [0, 0.1) is 5.92 Å². The molecule has 1 saturated carbocycles. The molecule has 220 valence electrons. The van der Waals surface area contributed by atoms with E-state index in [-0.39, 0.29) is 30.4 Å². The first-order valence-corrected chi connectivity index (χ1v) is 14.2. The number of likely N-dealkylation sites (tertiary alicyclic amines) is 1. The first-order valence-electron chi connectivity index (χ1n) is 14.2. The maximum Gasteiger partial charge on any atom is 0.389 e. The Balaban J connectivity index is 1.11. The van der Waals surface area contributed by atoms with E-state index < -0.39 is 24.8 Å². The van der Waals surface area contributed by atoms with Gasteiger partial charge in [0.05, 0.1) is 42.9 Å². The van der Waals surface area contributed by atoms with Gasteiger partial charge in [-0.15, -0.1) is 0 Å². The molecule has 1 aromatic carbocycles. The number of halogens is 3. The third kappa shape index (κ3) is 6.08. The third-order valence-corrected chi connectivity index (χ3v) is 8.22. The number of hydrogen-bond donors (Lipinski definition) is 1. The van der Waals surface area contributed by atoms with Crippen molar-refractivity contribution in [2.45, 2.75) is 63.3 Å². The summed E-state index contributed by atoms with van der Waals surface area (Å²) in [6.07, 6.45) is 3.57. The number of Topliss-reactive ketones (excluding diaryl/α,β-unsaturated/α-hetero) is 1. The fraction of sp³-hybridized carbons (Fsp3) is 0.433. The Hall–Kier alpha value is -4.06. The monoisotopic (exact) mass is 580 g/mol. The number of carbonyl (C=O) groups excluding carboxylic acids is 2. The van der Waals surface area contributed by atoms with Gasteiger partial charge in [-0.05, 0) is 43.4 Å². The van der Waals surface area contributed by atoms with Gasteiger partial charge in [0.1, 0.15) is 5.78 Å². The number of amides is 1. The molecule has 0 spiro atoms. The molecule has 4 aromatic rings. The number of ketones is 1. The van der Waals surface area contributed by atoms with Crippen LogP contribution in [-0.4, -0.2) is 71.4 Å². The summed E-state index contributed by atoms with van der Waals surface area (Å²) < 4.78 is 41.0. The molecule has 1 saturated heterocycles. The molecule has 3 aromatic heterocycles. The quantitative estimate of drug-likeness (QED) is 0.325. The van der Waals surface area contributed by atoms with E-state index >= 15 is 0 Å². The van der Waals surface area contributed by atoms with Crippen molar-refractivity contribution in [3.8, 4) is 22.4 Å². The summed E-state index contributed by atoms with van der Waals surface area (Å²) in [6, 6.07) is 9.23. The molecule has 4 heterocycles. The molecule has 1 aliphatic carbocycles. The van der Waals surface area contributed by atoms with Gasteiger partial charge in [0.25, 0.3) is 0 Å². The van der Waals surface area contributed by atoms with Crippen LogP contribution in [0.3, 0.4) is 0 Å². The van der Waals surface area contributed by atoms with E-state index in [9.17, 15) is 27.9 Å². The topological polar surface area (TPSA) is 106 Å². The van der Waals surface area contributed by atoms with Gasteiger partial charge in [0, 0.05) is 54.7 Å². The molecule has 2 fully saturated rings. The van der Waals surface area contributed by atoms with Crippen molar-refractivity contribution < 1.29 is 27.9 Å². The van der Waals surface area contributed by atoms with E-state index in [2.05, 4.69) is 15.2 Å². The minimum absolute atomic E-state index is 0.0387. The zero-order valence-electron chi connectivity index (χ0n) is 22.9. The predicted octanol–water partition coefficient (Wildman–Crippen LogP) is 4.65. The second-order valence-corrected chi connectivity index (χ2v) is 11.3. The van der Waals surface area contributed by atoms with E-state index in [1.807, 2.05) is 27.9 Å². The smallest absolute Gasteiger partial charge is 0.389 e. The molecule has 2 aliphatic rings. The Labute approximate surface area is 240 Å². The SMILES string of the molecule is O=C(CCC(F)(F)F)Cc1cccc(-c2cnc3cc(-c4cnn(C5CCN(C(=O)C6CC(O)C6)CC5)c4)cnn23)c1. The van der Waals surface area contributed by atoms with Crippen LogP contribution in [0.25, 0.3) is 28.0 Å². The number of aromatic nitrogens is 5. The van der Waals surface area contributed by atoms with Crippen molar-refractivity contribution in [2.24, 2.45) is 5.92 Å². The lowest BCUT2D eigenvalue weighted by Gasteiger charge is -2.38. The van der Waals surface area contributed by atoms with Crippen molar-refractivity contribution >= 4 is 17.3 Å². The number of fused-ring (bicyclic) bond motifs is 1. The standard InChI is InChI=1S/C30H31F3N6O3/c31-30(32,33)7-4-25(40)11-19-2-1-3-20(10-19)27-17-34-28-14-22(15-36-39(27)28)23-16-35-38(18-23)24-5-8-37(9-6-24)29(42)21-12-26(41)13-21/h1-3,10,14-18,21,24,26,41H,4-9,11-13H2. The van der Waals surface area contributed by atoms with Gasteiger partial charge in [-0.2, -0.15) is 23.4 Å². The van der Waals surface area contributed by atoms with E-state index in [4.69, 9.17) is 0 Å². The number of aliphatic hydroxyl groups excluding tert-OH is 1. The molecule has 6 rings (SSSR count). The predicted molar refractivity (Wildman–Crippen MR) is 147 cm³/mol. The summed E-state index contributed by atoms with van der Waals surface area (Å²) in [5.41, 5.74) is 4.47. The number of aliphatic hydroxyl groups is 1. The van der Waals surface area contributed by atoms with E-state index in [1.54, 1.807) is 41.3 Å². The van der Waals surface area contributed by atoms with Crippen LogP contribution < -0.4 is 0 Å². The first-order chi connectivity index (χ1) is 20.1. The van der Waals surface area contributed by atoms with Crippen molar-refractivity contribution in [2.75, 3.05) is 13.1 Å². The summed E-state index contributed by atoms with van der Waals surface area (Å²) >= 11 is 0. The lowest BCUT2D eigenvalue weighted by atomic mass is 9.81. The van der Waals surface area contributed by atoms with Crippen molar-refractivity contribution in [3.63, 3.8) is 0 Å². The molecule has 42 heavy (non-hydrogen) atoms. The number of carbonyl (C=O) groups is 2. The Morgan fingerprint density at radius 3 is 2.48 bits per heavy atom. The van der Waals surface area contributed by atoms with Crippen LogP contribution in [0.1, 0.15) is 50.1 Å². The molecular weight excluding hydrogens is 549 g/mol. The lowest BCUT2D eigenvalue weighted by molar-refractivity contribution is -0.143. The molecule has 9 nitrogen and oxygen atoms in total. The van der Waals surface area contributed by atoms with Crippen LogP contribution in [0.2, 0.25) is 0 Å². The van der Waals surface area contributed by atoms with Gasteiger partial charge in [-0.25, -0.2) is 9.50 Å². The Morgan fingerprint density at radius 1 is 0.976 bits per heavy atom. The minimum atomic E-state index is -4.35. The van der Waals surface area contributed by atoms with Gasteiger partial charge < -0.3 is 10.0 Å². The second-order valence-electron chi connectivity index (χ2n) is 11.3. The Kier molecular flexibility index (Phi) is 7.56. The van der Waals surface area contributed by atoms with Gasteiger partial charge in [0.15, 0.2) is 5.65 Å². The highest BCUT2D eigenvalue weighted by Gasteiger charge is 2.37. The zero-order valence-corrected chi connectivity index (χ0v) is 22.9. The Morgan fingerprint density at radius 2 is 1.74 bits per heavy atom. The Bertz CT molecular complexity index is 1600. The summed E-state index contributed by atoms with van der Waals surface area (Å²) in [5.74, 6) is -0.345. The molecular formula is C30H31F3N6O3. The van der Waals surface area contributed by atoms with Gasteiger partial charge >= 0.3 is 6.18 Å². The number of piperidine rings is 1. The largest absolute Gasteiger partial charge is 0.393 e. The highest BCUT2D eigenvalue weighted by Crippen LogP contribution is 2.32. The molecule has 12 heteroatoms. The number of benzene rings is 1. The average Bonchev–Trinajstić information content (AvgIpc) is 3.62. The molecule has 0 unspecified atom stereocenters. The summed E-state index contributed by atoms with van der Waals surface area (Å²) in [7, 11) is 0. The van der Waals surface area contributed by atoms with Crippen molar-refractivity contribution in [1.29, 1.82) is 0 Å². The molecule has 1 amide bonds. The maximum atomic E-state index is 12.6. The highest BCUT2D eigenvalue weighted by atomic mass is 19.4. The number of alkyl halides is 3. The van der Waals surface area contributed by atoms with Crippen LogP contribution in [0.4, 0.5) is 13.2 Å². The second kappa shape index (κ2) is 11.3. The fourth-order valence-electron chi connectivity index (χ4n) is 5.75. The van der Waals surface area contributed by atoms with Crippen LogP contribution in [-0.2, 0) is 16.0 Å². The fourth-order valence-corrected chi connectivity index (χ4v) is 5.75. The van der Waals surface area contributed by atoms with Gasteiger partial charge in [0.2, 0.25) is 5.91 Å². The minimum Gasteiger partial charge on any atom is -0.393 e. The normalized spacial score (nSPS) is 19.7. The van der Waals surface area contributed by atoms with E-state index in [1.165, 1.54) is 0 Å². The van der Waals surface area contributed by atoms with Crippen molar-refractivity contribution in [3.05, 3.63) is 60.7 Å². The number of hydrogen-bond acceptors (Lipinski definition) is 6. The van der Waals surface area contributed by atoms with Gasteiger partial charge in [-0.3, -0.25) is 14.3 Å². The maximum absolute atomic E-state index is 12.6. The van der Waals surface area contributed by atoms with Crippen LogP contribution in [0.15, 0.2) is 55.1 Å². The number of nitrogens with zero attached hydrogens (tertiary/aromatic N) is 6. The highest BCUT2D eigenvalue weighted by molar-refractivity contribution is 5.81. The summed E-state index contributed by atoms with van der Waals surface area (Å²) in [5, 5.41) is 18.7. The van der Waals surface area contributed by atoms with E-state index in [0.29, 0.717) is 42.8 Å². The van der Waals surface area contributed by atoms with Crippen LogP contribution >= 0.6 is 0 Å². The average molecular weight is 581 g/mol. The molecule has 1 N–H and O–H groups in total. The molecule has 0 radical (unpaired) electrons. The van der Waals surface area contributed by atoms with Crippen LogP contribution in [0.5, 0.6) is 0 Å². The van der Waals surface area contributed by atoms with E-state index in [0.717, 1.165) is 29.5 Å². The third-order valence-electron chi connectivity index (χ3n) is 8.22. The lowest BCUT2D eigenvalue weighted by Crippen LogP contribution is -2.46. The van der Waals surface area contributed by atoms with Gasteiger partial charge in [-0.1, -0.05) is 18.2 Å². The zero-order chi connectivity index (χ0) is 29.4. The molecule has 0 atom stereocenters. The molecule has 0 bridgehead atoms.